The van der Waals surface area contributed by atoms with E-state index in [4.69, 9.17) is 4.52 Å². The first-order valence-corrected chi connectivity index (χ1v) is 8.52. The molecule has 0 aliphatic carbocycles. The minimum Gasteiger partial charge on any atom is -0.481 e. The third-order valence-electron chi connectivity index (χ3n) is 4.62. The lowest BCUT2D eigenvalue weighted by Gasteiger charge is -2.20. The summed E-state index contributed by atoms with van der Waals surface area (Å²) in [6.45, 7) is 6.26. The van der Waals surface area contributed by atoms with Crippen LogP contribution in [0.5, 0.6) is 0 Å². The summed E-state index contributed by atoms with van der Waals surface area (Å²) in [6.07, 6.45) is 0.448. The minimum atomic E-state index is -0.882. The smallest absolute Gasteiger partial charge is 0.321 e. The van der Waals surface area contributed by atoms with E-state index in [2.05, 4.69) is 15.5 Å². The highest BCUT2D eigenvalue weighted by molar-refractivity contribution is 5.90. The van der Waals surface area contributed by atoms with Gasteiger partial charge >= 0.3 is 12.0 Å². The van der Waals surface area contributed by atoms with Gasteiger partial charge in [-0.3, -0.25) is 4.79 Å². The van der Waals surface area contributed by atoms with Crippen molar-refractivity contribution in [2.24, 2.45) is 5.41 Å². The van der Waals surface area contributed by atoms with Crippen LogP contribution in [-0.2, 0) is 4.79 Å². The van der Waals surface area contributed by atoms with Crippen LogP contribution >= 0.6 is 0 Å². The van der Waals surface area contributed by atoms with Crippen molar-refractivity contribution >= 4 is 17.7 Å². The van der Waals surface area contributed by atoms with E-state index in [0.29, 0.717) is 30.4 Å². The molecule has 1 aromatic heterocycles. The maximum absolute atomic E-state index is 12.3. The Kier molecular flexibility index (Phi) is 4.67. The standard InChI is InChI=1S/C18H22N4O4/c1-11(2)14-20-15(26-21-14)12-4-6-13(7-5-12)19-17(25)22-9-8-18(3,10-22)16(23)24/h4-7,11H,8-10H2,1-3H3,(H,19,25)(H,23,24). The van der Waals surface area contributed by atoms with Gasteiger partial charge in [0.15, 0.2) is 5.82 Å². The summed E-state index contributed by atoms with van der Waals surface area (Å²) in [7, 11) is 0. The Morgan fingerprint density at radius 2 is 2.00 bits per heavy atom. The molecule has 3 rings (SSSR count). The molecule has 2 aromatic rings. The number of nitrogens with one attached hydrogen (secondary N) is 1. The van der Waals surface area contributed by atoms with Crippen LogP contribution in [-0.4, -0.2) is 45.2 Å². The highest BCUT2D eigenvalue weighted by Gasteiger charge is 2.42. The molecule has 138 valence electrons. The molecular formula is C18H22N4O4. The van der Waals surface area contributed by atoms with Gasteiger partial charge in [0, 0.05) is 30.3 Å². The molecule has 2 N–H and O–H groups in total. The zero-order valence-electron chi connectivity index (χ0n) is 15.0. The number of nitrogens with zero attached hydrogens (tertiary/aromatic N) is 3. The number of carbonyl (C=O) groups excluding carboxylic acids is 1. The van der Waals surface area contributed by atoms with Crippen molar-refractivity contribution in [3.63, 3.8) is 0 Å². The van der Waals surface area contributed by atoms with E-state index in [1.165, 1.54) is 4.90 Å². The number of carboxylic acids is 1. The first kappa shape index (κ1) is 17.9. The number of aromatic nitrogens is 2. The predicted octanol–water partition coefficient (Wildman–Crippen LogP) is 3.19. The molecule has 1 saturated heterocycles. The maximum atomic E-state index is 12.3. The van der Waals surface area contributed by atoms with E-state index in [0.717, 1.165) is 5.56 Å². The Hall–Kier alpha value is -2.90. The summed E-state index contributed by atoms with van der Waals surface area (Å²) < 4.78 is 5.25. The first-order valence-electron chi connectivity index (χ1n) is 8.52. The number of carbonyl (C=O) groups is 2. The van der Waals surface area contributed by atoms with Crippen molar-refractivity contribution in [3.8, 4) is 11.5 Å². The summed E-state index contributed by atoms with van der Waals surface area (Å²) in [5.41, 5.74) is 0.501. The van der Waals surface area contributed by atoms with Gasteiger partial charge in [-0.05, 0) is 37.6 Å². The lowest BCUT2D eigenvalue weighted by atomic mass is 9.90. The molecule has 2 heterocycles. The molecule has 2 amide bonds. The third-order valence-corrected chi connectivity index (χ3v) is 4.62. The number of hydrogen-bond acceptors (Lipinski definition) is 5. The fourth-order valence-electron chi connectivity index (χ4n) is 2.79. The molecule has 0 saturated carbocycles. The minimum absolute atomic E-state index is 0.183. The van der Waals surface area contributed by atoms with Crippen LogP contribution in [0.3, 0.4) is 0 Å². The number of hydrogen-bond donors (Lipinski definition) is 2. The van der Waals surface area contributed by atoms with Crippen LogP contribution < -0.4 is 5.32 Å². The molecule has 1 atom stereocenters. The lowest BCUT2D eigenvalue weighted by molar-refractivity contribution is -0.146. The summed E-state index contributed by atoms with van der Waals surface area (Å²) in [4.78, 5) is 29.5. The van der Waals surface area contributed by atoms with E-state index < -0.39 is 11.4 Å². The molecule has 1 aliphatic rings. The van der Waals surface area contributed by atoms with Gasteiger partial charge in [0.2, 0.25) is 0 Å². The van der Waals surface area contributed by atoms with Crippen LogP contribution in [0.25, 0.3) is 11.5 Å². The van der Waals surface area contributed by atoms with Gasteiger partial charge < -0.3 is 19.8 Å². The number of amides is 2. The molecular weight excluding hydrogens is 336 g/mol. The molecule has 1 aliphatic heterocycles. The van der Waals surface area contributed by atoms with Crippen molar-refractivity contribution in [2.75, 3.05) is 18.4 Å². The summed E-state index contributed by atoms with van der Waals surface area (Å²) in [5.74, 6) is 0.386. The lowest BCUT2D eigenvalue weighted by Crippen LogP contribution is -2.37. The number of likely N-dealkylation sites (tertiary alicyclic amines) is 1. The van der Waals surface area contributed by atoms with E-state index in [1.54, 1.807) is 31.2 Å². The monoisotopic (exact) mass is 358 g/mol. The normalized spacial score (nSPS) is 19.8. The average Bonchev–Trinajstić information content (AvgIpc) is 3.23. The molecule has 8 heteroatoms. The number of urea groups is 1. The van der Waals surface area contributed by atoms with Gasteiger partial charge in [-0.25, -0.2) is 4.79 Å². The number of benzene rings is 1. The Labute approximate surface area is 151 Å². The second-order valence-corrected chi connectivity index (χ2v) is 7.16. The van der Waals surface area contributed by atoms with E-state index in [1.807, 2.05) is 13.8 Å². The van der Waals surface area contributed by atoms with Gasteiger partial charge in [0.05, 0.1) is 5.41 Å². The molecule has 0 bridgehead atoms. The molecule has 8 nitrogen and oxygen atoms in total. The number of rotatable bonds is 4. The van der Waals surface area contributed by atoms with Crippen LogP contribution in [0.1, 0.15) is 38.9 Å². The second kappa shape index (κ2) is 6.78. The molecule has 0 radical (unpaired) electrons. The zero-order chi connectivity index (χ0) is 18.9. The van der Waals surface area contributed by atoms with E-state index in [-0.39, 0.29) is 18.5 Å². The molecule has 1 aromatic carbocycles. The summed E-state index contributed by atoms with van der Waals surface area (Å²) in [6, 6.07) is 6.78. The van der Waals surface area contributed by atoms with Crippen molar-refractivity contribution in [3.05, 3.63) is 30.1 Å². The van der Waals surface area contributed by atoms with Crippen molar-refractivity contribution in [2.45, 2.75) is 33.1 Å². The highest BCUT2D eigenvalue weighted by atomic mass is 16.5. The molecule has 1 unspecified atom stereocenters. The molecule has 26 heavy (non-hydrogen) atoms. The van der Waals surface area contributed by atoms with Gasteiger partial charge in [0.1, 0.15) is 0 Å². The Bertz CT molecular complexity index is 815. The van der Waals surface area contributed by atoms with Crippen LogP contribution in [0.4, 0.5) is 10.5 Å². The maximum Gasteiger partial charge on any atom is 0.321 e. The second-order valence-electron chi connectivity index (χ2n) is 7.16. The van der Waals surface area contributed by atoms with Crippen molar-refractivity contribution in [1.29, 1.82) is 0 Å². The van der Waals surface area contributed by atoms with Crippen LogP contribution in [0.15, 0.2) is 28.8 Å². The Morgan fingerprint density at radius 1 is 1.31 bits per heavy atom. The van der Waals surface area contributed by atoms with Gasteiger partial charge in [-0.2, -0.15) is 4.98 Å². The number of aliphatic carboxylic acids is 1. The quantitative estimate of drug-likeness (QED) is 0.869. The van der Waals surface area contributed by atoms with Gasteiger partial charge in [-0.15, -0.1) is 0 Å². The topological polar surface area (TPSA) is 109 Å². The fourth-order valence-corrected chi connectivity index (χ4v) is 2.79. The molecule has 0 spiro atoms. The number of anilines is 1. The van der Waals surface area contributed by atoms with Crippen molar-refractivity contribution in [1.82, 2.24) is 15.0 Å². The van der Waals surface area contributed by atoms with E-state index >= 15 is 0 Å². The average molecular weight is 358 g/mol. The molecule has 1 fully saturated rings. The first-order chi connectivity index (χ1) is 12.3. The zero-order valence-corrected chi connectivity index (χ0v) is 15.0. The summed E-state index contributed by atoms with van der Waals surface area (Å²) >= 11 is 0. The SMILES string of the molecule is CC(C)c1noc(-c2ccc(NC(=O)N3CCC(C)(C(=O)O)C3)cc2)n1. The van der Waals surface area contributed by atoms with Crippen molar-refractivity contribution < 1.29 is 19.2 Å². The largest absolute Gasteiger partial charge is 0.481 e. The van der Waals surface area contributed by atoms with E-state index in [9.17, 15) is 14.7 Å². The van der Waals surface area contributed by atoms with Crippen LogP contribution in [0, 0.1) is 5.41 Å². The predicted molar refractivity (Wildman–Crippen MR) is 94.8 cm³/mol. The Balaban J connectivity index is 1.64. The highest BCUT2D eigenvalue weighted by Crippen LogP contribution is 2.30. The number of carboxylic acid groups (broad SMARTS) is 1. The van der Waals surface area contributed by atoms with Gasteiger partial charge in [-0.1, -0.05) is 19.0 Å². The van der Waals surface area contributed by atoms with Crippen LogP contribution in [0.2, 0.25) is 0 Å². The summed E-state index contributed by atoms with van der Waals surface area (Å²) in [5, 5.41) is 16.0. The Morgan fingerprint density at radius 3 is 2.54 bits per heavy atom. The third kappa shape index (κ3) is 3.54. The fraction of sp³-hybridized carbons (Fsp3) is 0.444. The van der Waals surface area contributed by atoms with Gasteiger partial charge in [0.25, 0.3) is 5.89 Å².